The molecule has 6 heteroatoms. The number of hydrogen-bond donors (Lipinski definition) is 3. The van der Waals surface area contributed by atoms with E-state index in [1.54, 1.807) is 0 Å². The van der Waals surface area contributed by atoms with Gasteiger partial charge in [-0.25, -0.2) is 0 Å². The highest BCUT2D eigenvalue weighted by molar-refractivity contribution is 5.97. The van der Waals surface area contributed by atoms with Crippen LogP contribution in [0.3, 0.4) is 0 Å². The smallest absolute Gasteiger partial charge is 0.244 e. The van der Waals surface area contributed by atoms with Gasteiger partial charge in [0.25, 0.3) is 0 Å². The van der Waals surface area contributed by atoms with Crippen molar-refractivity contribution in [3.05, 3.63) is 88.6 Å². The number of nitrogens with zero attached hydrogens (tertiary/aromatic N) is 1. The minimum absolute atomic E-state index is 0.0107. The number of fused-ring (bicyclic) bond motifs is 2. The number of hydrazine groups is 1. The van der Waals surface area contributed by atoms with Crippen LogP contribution >= 0.6 is 0 Å². The Labute approximate surface area is 173 Å². The van der Waals surface area contributed by atoms with E-state index in [1.165, 1.54) is 5.56 Å². The van der Waals surface area contributed by atoms with E-state index in [-0.39, 0.29) is 17.9 Å². The largest absolute Gasteiger partial charge is 0.331 e. The Hall–Kier alpha value is -3.48. The zero-order valence-electron chi connectivity index (χ0n) is 16.4. The van der Waals surface area contributed by atoms with Crippen molar-refractivity contribution in [1.82, 2.24) is 15.4 Å². The molecule has 1 atom stereocenters. The summed E-state index contributed by atoms with van der Waals surface area (Å²) in [7, 11) is 0. The fraction of sp³-hybridized carbons (Fsp3) is 0.167. The number of carbonyl (C=O) groups excluding carboxylic acids is 1. The van der Waals surface area contributed by atoms with E-state index < -0.39 is 0 Å². The van der Waals surface area contributed by atoms with Crippen LogP contribution in [0.2, 0.25) is 0 Å². The van der Waals surface area contributed by atoms with Gasteiger partial charge in [-0.15, -0.1) is 0 Å². The summed E-state index contributed by atoms with van der Waals surface area (Å²) in [6.45, 7) is 1.07. The molecule has 150 valence electrons. The van der Waals surface area contributed by atoms with Gasteiger partial charge in [-0.05, 0) is 48.4 Å². The molecule has 0 spiro atoms. The number of anilines is 1. The minimum Gasteiger partial charge on any atom is -0.331 e. The molecule has 0 bridgehead atoms. The number of rotatable bonds is 4. The maximum Gasteiger partial charge on any atom is 0.244 e. The first-order valence-corrected chi connectivity index (χ1v) is 10.1. The van der Waals surface area contributed by atoms with Crippen LogP contribution in [0, 0.1) is 0 Å². The molecule has 1 aromatic heterocycles. The molecule has 1 saturated heterocycles. The zero-order valence-corrected chi connectivity index (χ0v) is 16.4. The molecule has 30 heavy (non-hydrogen) atoms. The van der Waals surface area contributed by atoms with Crippen LogP contribution in [-0.2, 0) is 11.3 Å². The molecular weight excluding hydrogens is 376 g/mol. The standard InChI is InChI=1S/C24H22N4O2/c29-23(26-17-11-9-16(10-12-17)20-13-14-25-27-20)15-28-21-7-3-1-5-18(21)24(30)19-6-2-4-8-22(19)28/h1-12,20,25,27H,13-15H2,(H,26,29). The highest BCUT2D eigenvalue weighted by Crippen LogP contribution is 2.22. The molecular formula is C24H22N4O2. The quantitative estimate of drug-likeness (QED) is 0.461. The average Bonchev–Trinajstić information content (AvgIpc) is 3.32. The van der Waals surface area contributed by atoms with E-state index in [0.29, 0.717) is 16.8 Å². The van der Waals surface area contributed by atoms with Gasteiger partial charge in [0.05, 0.1) is 11.0 Å². The van der Waals surface area contributed by atoms with Crippen molar-refractivity contribution in [1.29, 1.82) is 0 Å². The molecule has 4 aromatic rings. The third kappa shape index (κ3) is 3.36. The Morgan fingerprint density at radius 1 is 0.933 bits per heavy atom. The summed E-state index contributed by atoms with van der Waals surface area (Å²) in [5.41, 5.74) is 9.82. The summed E-state index contributed by atoms with van der Waals surface area (Å²) in [6.07, 6.45) is 1.04. The second-order valence-corrected chi connectivity index (χ2v) is 7.53. The average molecular weight is 398 g/mol. The predicted octanol–water partition coefficient (Wildman–Crippen LogP) is 3.33. The number of benzene rings is 3. The van der Waals surface area contributed by atoms with Crippen molar-refractivity contribution in [2.75, 3.05) is 11.9 Å². The first-order chi connectivity index (χ1) is 14.7. The summed E-state index contributed by atoms with van der Waals surface area (Å²) in [5, 5.41) is 4.21. The predicted molar refractivity (Wildman–Crippen MR) is 119 cm³/mol. The third-order valence-corrected chi connectivity index (χ3v) is 5.61. The second kappa shape index (κ2) is 7.74. The maximum atomic E-state index is 12.9. The van der Waals surface area contributed by atoms with E-state index in [0.717, 1.165) is 29.7 Å². The first kappa shape index (κ1) is 18.5. The monoisotopic (exact) mass is 398 g/mol. The zero-order chi connectivity index (χ0) is 20.5. The normalized spacial score (nSPS) is 16.2. The Morgan fingerprint density at radius 2 is 1.57 bits per heavy atom. The molecule has 1 aliphatic heterocycles. The van der Waals surface area contributed by atoms with Gasteiger partial charge >= 0.3 is 0 Å². The first-order valence-electron chi connectivity index (χ1n) is 10.1. The van der Waals surface area contributed by atoms with Crippen LogP contribution in [-0.4, -0.2) is 17.0 Å². The SMILES string of the molecule is O=C(Cn1c2ccccc2c(=O)c2ccccc21)Nc1ccc(C2CCNN2)cc1. The molecule has 3 aromatic carbocycles. The molecule has 5 rings (SSSR count). The molecule has 0 aliphatic carbocycles. The summed E-state index contributed by atoms with van der Waals surface area (Å²) < 4.78 is 1.91. The van der Waals surface area contributed by atoms with Crippen molar-refractivity contribution >= 4 is 33.4 Å². The Balaban J connectivity index is 1.44. The number of amides is 1. The number of pyridine rings is 1. The highest BCUT2D eigenvalue weighted by Gasteiger charge is 2.16. The van der Waals surface area contributed by atoms with Crippen LogP contribution in [0.4, 0.5) is 5.69 Å². The molecule has 3 N–H and O–H groups in total. The van der Waals surface area contributed by atoms with E-state index in [1.807, 2.05) is 77.4 Å². The van der Waals surface area contributed by atoms with Gasteiger partial charge in [-0.1, -0.05) is 36.4 Å². The Kier molecular flexibility index (Phi) is 4.78. The van der Waals surface area contributed by atoms with Crippen molar-refractivity contribution in [2.24, 2.45) is 0 Å². The van der Waals surface area contributed by atoms with Crippen LogP contribution in [0.15, 0.2) is 77.6 Å². The number of hydrogen-bond acceptors (Lipinski definition) is 4. The van der Waals surface area contributed by atoms with Crippen molar-refractivity contribution in [3.8, 4) is 0 Å². The lowest BCUT2D eigenvalue weighted by Crippen LogP contribution is -2.24. The molecule has 1 amide bonds. The van der Waals surface area contributed by atoms with E-state index >= 15 is 0 Å². The van der Waals surface area contributed by atoms with Gasteiger partial charge < -0.3 is 9.88 Å². The van der Waals surface area contributed by atoms with Gasteiger partial charge in [0, 0.05) is 29.0 Å². The fourth-order valence-corrected chi connectivity index (χ4v) is 4.12. The molecule has 1 aliphatic rings. The molecule has 0 saturated carbocycles. The lowest BCUT2D eigenvalue weighted by atomic mass is 10.1. The summed E-state index contributed by atoms with van der Waals surface area (Å²) in [6, 6.07) is 23.1. The summed E-state index contributed by atoms with van der Waals surface area (Å²) in [5.74, 6) is -0.137. The van der Waals surface area contributed by atoms with Crippen LogP contribution in [0.1, 0.15) is 18.0 Å². The highest BCUT2D eigenvalue weighted by atomic mass is 16.2. The second-order valence-electron chi connectivity index (χ2n) is 7.53. The van der Waals surface area contributed by atoms with E-state index in [2.05, 4.69) is 16.2 Å². The Morgan fingerprint density at radius 3 is 2.17 bits per heavy atom. The van der Waals surface area contributed by atoms with Crippen LogP contribution in [0.25, 0.3) is 21.8 Å². The molecule has 0 radical (unpaired) electrons. The summed E-state index contributed by atoms with van der Waals surface area (Å²) >= 11 is 0. The number of para-hydroxylation sites is 2. The number of carbonyl (C=O) groups is 1. The van der Waals surface area contributed by atoms with Gasteiger partial charge in [-0.3, -0.25) is 20.4 Å². The maximum absolute atomic E-state index is 12.9. The van der Waals surface area contributed by atoms with Gasteiger partial charge in [0.1, 0.15) is 6.54 Å². The summed E-state index contributed by atoms with van der Waals surface area (Å²) in [4.78, 5) is 25.7. The van der Waals surface area contributed by atoms with E-state index in [9.17, 15) is 9.59 Å². The van der Waals surface area contributed by atoms with Gasteiger partial charge in [-0.2, -0.15) is 0 Å². The lowest BCUT2D eigenvalue weighted by Gasteiger charge is -2.15. The molecule has 1 unspecified atom stereocenters. The van der Waals surface area contributed by atoms with Crippen molar-refractivity contribution in [2.45, 2.75) is 19.0 Å². The van der Waals surface area contributed by atoms with Crippen molar-refractivity contribution < 1.29 is 4.79 Å². The lowest BCUT2D eigenvalue weighted by molar-refractivity contribution is -0.116. The molecule has 6 nitrogen and oxygen atoms in total. The fourth-order valence-electron chi connectivity index (χ4n) is 4.12. The Bertz CT molecular complexity index is 1230. The van der Waals surface area contributed by atoms with Crippen LogP contribution < -0.4 is 21.6 Å². The topological polar surface area (TPSA) is 75.2 Å². The van der Waals surface area contributed by atoms with E-state index in [4.69, 9.17) is 0 Å². The third-order valence-electron chi connectivity index (χ3n) is 5.61. The molecule has 2 heterocycles. The molecule has 1 fully saturated rings. The minimum atomic E-state index is -0.137. The number of nitrogens with one attached hydrogen (secondary N) is 3. The van der Waals surface area contributed by atoms with Gasteiger partial charge in [0.2, 0.25) is 5.91 Å². The van der Waals surface area contributed by atoms with Gasteiger partial charge in [0.15, 0.2) is 5.43 Å². The van der Waals surface area contributed by atoms with Crippen molar-refractivity contribution in [3.63, 3.8) is 0 Å². The number of aromatic nitrogens is 1. The van der Waals surface area contributed by atoms with Crippen LogP contribution in [0.5, 0.6) is 0 Å².